The second-order valence-corrected chi connectivity index (χ2v) is 5.54. The number of aryl methyl sites for hydroxylation is 1. The van der Waals surface area contributed by atoms with Crippen LogP contribution in [0.1, 0.15) is 48.7 Å². The van der Waals surface area contributed by atoms with Crippen LogP contribution >= 0.6 is 0 Å². The third-order valence-electron chi connectivity index (χ3n) is 3.79. The Bertz CT molecular complexity index is 550. The van der Waals surface area contributed by atoms with E-state index in [0.29, 0.717) is 11.1 Å². The van der Waals surface area contributed by atoms with Gasteiger partial charge in [0.15, 0.2) is 0 Å². The van der Waals surface area contributed by atoms with E-state index in [1.807, 2.05) is 46.0 Å². The summed E-state index contributed by atoms with van der Waals surface area (Å²) in [6.07, 6.45) is 0.874. The number of benzene rings is 1. The van der Waals surface area contributed by atoms with Gasteiger partial charge in [-0.1, -0.05) is 30.4 Å². The standard InChI is InChI=1S/C17H23NO2/c1-6-17(3,4)18(5)16(20)15-12-13(2)9-10-14(15)8-7-11-19/h9-10,12,19H,6,11H2,1-5H3. The SMILES string of the molecule is CCC(C)(C)N(C)C(=O)c1cc(C)ccc1C#CCO. The highest BCUT2D eigenvalue weighted by Crippen LogP contribution is 2.21. The summed E-state index contributed by atoms with van der Waals surface area (Å²) >= 11 is 0. The topological polar surface area (TPSA) is 40.5 Å². The molecule has 1 amide bonds. The molecule has 0 aliphatic rings. The Balaban J connectivity index is 3.24. The number of nitrogens with zero attached hydrogens (tertiary/aromatic N) is 1. The van der Waals surface area contributed by atoms with E-state index in [1.165, 1.54) is 0 Å². The van der Waals surface area contributed by atoms with Crippen LogP contribution in [0.15, 0.2) is 18.2 Å². The third-order valence-corrected chi connectivity index (χ3v) is 3.79. The van der Waals surface area contributed by atoms with E-state index in [0.717, 1.165) is 12.0 Å². The van der Waals surface area contributed by atoms with Crippen LogP contribution in [0.5, 0.6) is 0 Å². The molecule has 0 spiro atoms. The number of carbonyl (C=O) groups excluding carboxylic acids is 1. The average Bonchev–Trinajstić information content (AvgIpc) is 2.44. The Kier molecular flexibility index (Phi) is 5.35. The van der Waals surface area contributed by atoms with E-state index in [2.05, 4.69) is 18.8 Å². The molecule has 0 aliphatic heterocycles. The van der Waals surface area contributed by atoms with Gasteiger partial charge in [0.25, 0.3) is 5.91 Å². The van der Waals surface area contributed by atoms with Crippen LogP contribution in [0.2, 0.25) is 0 Å². The van der Waals surface area contributed by atoms with E-state index in [1.54, 1.807) is 4.90 Å². The summed E-state index contributed by atoms with van der Waals surface area (Å²) in [5.74, 6) is 5.41. The third kappa shape index (κ3) is 3.61. The summed E-state index contributed by atoms with van der Waals surface area (Å²) in [7, 11) is 1.82. The van der Waals surface area contributed by atoms with Gasteiger partial charge in [0.05, 0.1) is 5.56 Å². The molecule has 3 heteroatoms. The Morgan fingerprint density at radius 2 is 2.05 bits per heavy atom. The van der Waals surface area contributed by atoms with Crippen LogP contribution < -0.4 is 0 Å². The van der Waals surface area contributed by atoms with Crippen molar-refractivity contribution in [3.63, 3.8) is 0 Å². The largest absolute Gasteiger partial charge is 0.384 e. The maximum atomic E-state index is 12.7. The molecule has 0 saturated heterocycles. The second-order valence-electron chi connectivity index (χ2n) is 5.54. The molecule has 0 bridgehead atoms. The van der Waals surface area contributed by atoms with Gasteiger partial charge in [-0.05, 0) is 39.3 Å². The normalized spacial score (nSPS) is 10.7. The van der Waals surface area contributed by atoms with Crippen molar-refractivity contribution >= 4 is 5.91 Å². The summed E-state index contributed by atoms with van der Waals surface area (Å²) in [6.45, 7) is 7.88. The van der Waals surface area contributed by atoms with Gasteiger partial charge < -0.3 is 10.0 Å². The van der Waals surface area contributed by atoms with E-state index in [9.17, 15) is 4.79 Å². The maximum absolute atomic E-state index is 12.7. The van der Waals surface area contributed by atoms with E-state index < -0.39 is 0 Å². The molecule has 0 fully saturated rings. The van der Waals surface area contributed by atoms with Crippen molar-refractivity contribution < 1.29 is 9.90 Å². The number of hydrogen-bond donors (Lipinski definition) is 1. The number of carbonyl (C=O) groups is 1. The molecule has 0 unspecified atom stereocenters. The van der Waals surface area contributed by atoms with Gasteiger partial charge in [-0.3, -0.25) is 4.79 Å². The lowest BCUT2D eigenvalue weighted by Crippen LogP contribution is -2.44. The van der Waals surface area contributed by atoms with Crippen LogP contribution in [0, 0.1) is 18.8 Å². The van der Waals surface area contributed by atoms with Gasteiger partial charge in [-0.2, -0.15) is 0 Å². The van der Waals surface area contributed by atoms with Crippen LogP contribution in [0.4, 0.5) is 0 Å². The molecule has 1 rings (SSSR count). The summed E-state index contributed by atoms with van der Waals surface area (Å²) in [6, 6.07) is 5.60. The van der Waals surface area contributed by atoms with Gasteiger partial charge in [0, 0.05) is 18.2 Å². The molecule has 0 atom stereocenters. The number of hydrogen-bond acceptors (Lipinski definition) is 2. The van der Waals surface area contributed by atoms with Crippen molar-refractivity contribution in [1.29, 1.82) is 0 Å². The molecule has 0 saturated carbocycles. The van der Waals surface area contributed by atoms with Crippen molar-refractivity contribution in [2.45, 2.75) is 39.7 Å². The monoisotopic (exact) mass is 273 g/mol. The lowest BCUT2D eigenvalue weighted by atomic mass is 9.97. The van der Waals surface area contributed by atoms with Crippen molar-refractivity contribution in [2.75, 3.05) is 13.7 Å². The molecule has 20 heavy (non-hydrogen) atoms. The van der Waals surface area contributed by atoms with Gasteiger partial charge in [0.1, 0.15) is 6.61 Å². The number of aliphatic hydroxyl groups is 1. The summed E-state index contributed by atoms with van der Waals surface area (Å²) < 4.78 is 0. The van der Waals surface area contributed by atoms with Crippen molar-refractivity contribution in [3.8, 4) is 11.8 Å². The first-order chi connectivity index (χ1) is 9.33. The number of aliphatic hydroxyl groups excluding tert-OH is 1. The Morgan fingerprint density at radius 1 is 1.40 bits per heavy atom. The smallest absolute Gasteiger partial charge is 0.255 e. The minimum Gasteiger partial charge on any atom is -0.384 e. The molecule has 0 aromatic heterocycles. The zero-order valence-corrected chi connectivity index (χ0v) is 12.9. The van der Waals surface area contributed by atoms with Crippen molar-refractivity contribution in [2.24, 2.45) is 0 Å². The Labute approximate surface area is 121 Å². The highest BCUT2D eigenvalue weighted by atomic mass is 16.2. The predicted octanol–water partition coefficient (Wildman–Crippen LogP) is 2.60. The lowest BCUT2D eigenvalue weighted by Gasteiger charge is -2.35. The molecule has 3 nitrogen and oxygen atoms in total. The van der Waals surface area contributed by atoms with Gasteiger partial charge >= 0.3 is 0 Å². The highest BCUT2D eigenvalue weighted by Gasteiger charge is 2.27. The van der Waals surface area contributed by atoms with Crippen LogP contribution in [-0.4, -0.2) is 35.1 Å². The molecule has 0 aliphatic carbocycles. The molecule has 0 radical (unpaired) electrons. The molecule has 1 aromatic rings. The fourth-order valence-corrected chi connectivity index (χ4v) is 1.77. The van der Waals surface area contributed by atoms with Crippen molar-refractivity contribution in [3.05, 3.63) is 34.9 Å². The maximum Gasteiger partial charge on any atom is 0.255 e. The number of amides is 1. The highest BCUT2D eigenvalue weighted by molar-refractivity contribution is 5.97. The average molecular weight is 273 g/mol. The first kappa shape index (κ1) is 16.3. The zero-order chi connectivity index (χ0) is 15.3. The molecule has 1 aromatic carbocycles. The Morgan fingerprint density at radius 3 is 2.60 bits per heavy atom. The predicted molar refractivity (Wildman–Crippen MR) is 81.6 cm³/mol. The van der Waals surface area contributed by atoms with Crippen LogP contribution in [0.3, 0.4) is 0 Å². The lowest BCUT2D eigenvalue weighted by molar-refractivity contribution is 0.0620. The second kappa shape index (κ2) is 6.58. The number of rotatable bonds is 3. The van der Waals surface area contributed by atoms with E-state index in [4.69, 9.17) is 5.11 Å². The first-order valence-electron chi connectivity index (χ1n) is 6.82. The Hall–Kier alpha value is -1.79. The molecular weight excluding hydrogens is 250 g/mol. The molecule has 108 valence electrons. The van der Waals surface area contributed by atoms with Gasteiger partial charge in [0.2, 0.25) is 0 Å². The quantitative estimate of drug-likeness (QED) is 0.860. The van der Waals surface area contributed by atoms with Gasteiger partial charge in [-0.15, -0.1) is 0 Å². The van der Waals surface area contributed by atoms with Gasteiger partial charge in [-0.25, -0.2) is 0 Å². The molecular formula is C17H23NO2. The minimum absolute atomic E-state index is 0.0391. The fourth-order valence-electron chi connectivity index (χ4n) is 1.77. The first-order valence-corrected chi connectivity index (χ1v) is 6.82. The van der Waals surface area contributed by atoms with Crippen LogP contribution in [0.25, 0.3) is 0 Å². The van der Waals surface area contributed by atoms with E-state index >= 15 is 0 Å². The minimum atomic E-state index is -0.211. The zero-order valence-electron chi connectivity index (χ0n) is 12.9. The summed E-state index contributed by atoms with van der Waals surface area (Å²) in [5.41, 5.74) is 2.07. The van der Waals surface area contributed by atoms with Crippen LogP contribution in [-0.2, 0) is 0 Å². The molecule has 0 heterocycles. The summed E-state index contributed by atoms with van der Waals surface area (Å²) in [5, 5.41) is 8.82. The van der Waals surface area contributed by atoms with E-state index in [-0.39, 0.29) is 18.1 Å². The van der Waals surface area contributed by atoms with Crippen molar-refractivity contribution in [1.82, 2.24) is 4.90 Å². The fraction of sp³-hybridized carbons (Fsp3) is 0.471. The molecule has 1 N–H and O–H groups in total. The summed E-state index contributed by atoms with van der Waals surface area (Å²) in [4.78, 5) is 14.4.